The second-order valence-electron chi connectivity index (χ2n) is 7.80. The van der Waals surface area contributed by atoms with E-state index in [1.165, 1.54) is 27.6 Å². The first-order chi connectivity index (χ1) is 14.1. The predicted octanol–water partition coefficient (Wildman–Crippen LogP) is 4.69. The fraction of sp³-hybridized carbons (Fsp3) is 0.375. The van der Waals surface area contributed by atoms with E-state index in [2.05, 4.69) is 72.4 Å². The van der Waals surface area contributed by atoms with Gasteiger partial charge in [0.25, 0.3) is 0 Å². The summed E-state index contributed by atoms with van der Waals surface area (Å²) in [6.45, 7) is 6.56. The number of rotatable bonds is 7. The number of carbonyl (C=O) groups is 1. The Labute approximate surface area is 176 Å². The first-order valence-corrected chi connectivity index (χ1v) is 11.2. The summed E-state index contributed by atoms with van der Waals surface area (Å²) in [5.41, 5.74) is 5.11. The Morgan fingerprint density at radius 3 is 2.93 bits per heavy atom. The first kappa shape index (κ1) is 20.0. The second kappa shape index (κ2) is 9.06. The highest BCUT2D eigenvalue weighted by atomic mass is 32.2. The maximum Gasteiger partial charge on any atom is 0.230 e. The van der Waals surface area contributed by atoms with Gasteiger partial charge in [0, 0.05) is 41.7 Å². The summed E-state index contributed by atoms with van der Waals surface area (Å²) in [5.74, 6) is 0.487. The van der Waals surface area contributed by atoms with Crippen LogP contribution in [0.1, 0.15) is 29.5 Å². The van der Waals surface area contributed by atoms with Crippen LogP contribution in [0.25, 0.3) is 10.9 Å². The van der Waals surface area contributed by atoms with Crippen molar-refractivity contribution in [2.45, 2.75) is 44.2 Å². The molecule has 1 fully saturated rings. The summed E-state index contributed by atoms with van der Waals surface area (Å²) in [6.07, 6.45) is 4.50. The molecule has 0 bridgehead atoms. The van der Waals surface area contributed by atoms with Gasteiger partial charge in [0.15, 0.2) is 0 Å². The molecule has 1 saturated heterocycles. The Morgan fingerprint density at radius 1 is 1.24 bits per heavy atom. The quantitative estimate of drug-likeness (QED) is 0.577. The maximum absolute atomic E-state index is 12.3. The van der Waals surface area contributed by atoms with Crippen molar-refractivity contribution >= 4 is 28.6 Å². The van der Waals surface area contributed by atoms with E-state index in [1.807, 2.05) is 0 Å². The van der Waals surface area contributed by atoms with Gasteiger partial charge >= 0.3 is 0 Å². The van der Waals surface area contributed by atoms with E-state index in [0.717, 1.165) is 30.9 Å². The van der Waals surface area contributed by atoms with Crippen molar-refractivity contribution in [3.63, 3.8) is 0 Å². The number of hydrogen-bond donors (Lipinski definition) is 1. The zero-order valence-corrected chi connectivity index (χ0v) is 17.9. The number of carbonyl (C=O) groups excluding carboxylic acids is 1. The molecule has 1 N–H and O–H groups in total. The van der Waals surface area contributed by atoms with Gasteiger partial charge in [-0.05, 0) is 43.9 Å². The summed E-state index contributed by atoms with van der Waals surface area (Å²) in [7, 11) is 0. The molecule has 1 unspecified atom stereocenters. The van der Waals surface area contributed by atoms with E-state index in [9.17, 15) is 4.79 Å². The van der Waals surface area contributed by atoms with Crippen LogP contribution >= 0.6 is 11.8 Å². The zero-order chi connectivity index (χ0) is 20.2. The molecule has 5 heteroatoms. The summed E-state index contributed by atoms with van der Waals surface area (Å²) < 4.78 is 7.87. The van der Waals surface area contributed by atoms with Crippen molar-refractivity contribution in [2.75, 3.05) is 18.9 Å². The molecule has 1 atom stereocenters. The normalized spacial score (nSPS) is 16.4. The van der Waals surface area contributed by atoms with E-state index in [1.54, 1.807) is 11.8 Å². The molecule has 29 heavy (non-hydrogen) atoms. The highest BCUT2D eigenvalue weighted by molar-refractivity contribution is 8.00. The molecule has 2 heterocycles. The van der Waals surface area contributed by atoms with Crippen molar-refractivity contribution < 1.29 is 9.53 Å². The SMILES string of the molecule is Cc1ccc(C)c(Cn2cc(SCC(=O)NCC3CCCO3)c3ccccc32)c1. The van der Waals surface area contributed by atoms with Crippen LogP contribution in [0.3, 0.4) is 0 Å². The number of hydrogen-bond acceptors (Lipinski definition) is 3. The van der Waals surface area contributed by atoms with Crippen molar-refractivity contribution in [2.24, 2.45) is 0 Å². The smallest absolute Gasteiger partial charge is 0.230 e. The molecule has 1 aliphatic heterocycles. The zero-order valence-electron chi connectivity index (χ0n) is 17.1. The Morgan fingerprint density at radius 2 is 2.10 bits per heavy atom. The summed E-state index contributed by atoms with van der Waals surface area (Å²) >= 11 is 1.61. The Hall–Kier alpha value is -2.24. The van der Waals surface area contributed by atoms with Gasteiger partial charge in [-0.2, -0.15) is 0 Å². The van der Waals surface area contributed by atoms with Gasteiger partial charge in [-0.25, -0.2) is 0 Å². The predicted molar refractivity (Wildman–Crippen MR) is 120 cm³/mol. The number of nitrogens with one attached hydrogen (secondary N) is 1. The number of nitrogens with zero attached hydrogens (tertiary/aromatic N) is 1. The van der Waals surface area contributed by atoms with Gasteiger partial charge in [-0.15, -0.1) is 11.8 Å². The summed E-state index contributed by atoms with van der Waals surface area (Å²) in [4.78, 5) is 13.4. The number of fused-ring (bicyclic) bond motifs is 1. The van der Waals surface area contributed by atoms with Crippen LogP contribution in [0.2, 0.25) is 0 Å². The summed E-state index contributed by atoms with van der Waals surface area (Å²) in [6, 6.07) is 15.0. The number of amides is 1. The number of ether oxygens (including phenoxy) is 1. The third kappa shape index (κ3) is 4.85. The van der Waals surface area contributed by atoms with Crippen molar-refractivity contribution in [3.05, 3.63) is 65.4 Å². The molecule has 3 aromatic rings. The van der Waals surface area contributed by atoms with Gasteiger partial charge < -0.3 is 14.6 Å². The second-order valence-corrected chi connectivity index (χ2v) is 8.81. The van der Waals surface area contributed by atoms with Crippen molar-refractivity contribution in [1.82, 2.24) is 9.88 Å². The van der Waals surface area contributed by atoms with Crippen LogP contribution in [0.5, 0.6) is 0 Å². The van der Waals surface area contributed by atoms with Gasteiger partial charge in [0.05, 0.1) is 11.9 Å². The number of aryl methyl sites for hydroxylation is 2. The molecular weight excluding hydrogens is 380 g/mol. The fourth-order valence-corrected chi connectivity index (χ4v) is 4.76. The molecule has 0 aliphatic carbocycles. The van der Waals surface area contributed by atoms with E-state index >= 15 is 0 Å². The third-order valence-corrected chi connectivity index (χ3v) is 6.55. The monoisotopic (exact) mass is 408 g/mol. The van der Waals surface area contributed by atoms with Gasteiger partial charge in [-0.3, -0.25) is 4.79 Å². The van der Waals surface area contributed by atoms with Crippen molar-refractivity contribution in [3.8, 4) is 0 Å². The Bertz CT molecular complexity index is 1010. The molecule has 0 saturated carbocycles. The molecule has 1 aromatic heterocycles. The Balaban J connectivity index is 1.47. The Kier molecular flexibility index (Phi) is 6.26. The summed E-state index contributed by atoms with van der Waals surface area (Å²) in [5, 5.41) is 4.22. The topological polar surface area (TPSA) is 43.3 Å². The maximum atomic E-state index is 12.3. The average molecular weight is 409 g/mol. The van der Waals surface area contributed by atoms with E-state index < -0.39 is 0 Å². The standard InChI is InChI=1S/C24H28N2O2S/c1-17-9-10-18(2)19(12-17)14-26-15-23(21-7-3-4-8-22(21)26)29-16-24(27)25-13-20-6-5-11-28-20/h3-4,7-10,12,15,20H,5-6,11,13-14,16H2,1-2H3,(H,25,27). The van der Waals surface area contributed by atoms with Crippen LogP contribution in [-0.4, -0.2) is 35.5 Å². The molecule has 152 valence electrons. The van der Waals surface area contributed by atoms with Crippen LogP contribution in [-0.2, 0) is 16.1 Å². The molecule has 1 aliphatic rings. The van der Waals surface area contributed by atoms with Gasteiger partial charge in [0.1, 0.15) is 0 Å². The molecule has 2 aromatic carbocycles. The lowest BCUT2D eigenvalue weighted by atomic mass is 10.1. The van der Waals surface area contributed by atoms with Gasteiger partial charge in [-0.1, -0.05) is 42.0 Å². The van der Waals surface area contributed by atoms with Gasteiger partial charge in [0.2, 0.25) is 5.91 Å². The number of thioether (sulfide) groups is 1. The molecular formula is C24H28N2O2S. The molecule has 1 amide bonds. The minimum atomic E-state index is 0.0665. The number of benzene rings is 2. The molecule has 0 radical (unpaired) electrons. The minimum Gasteiger partial charge on any atom is -0.376 e. The van der Waals surface area contributed by atoms with Crippen LogP contribution in [0.4, 0.5) is 0 Å². The largest absolute Gasteiger partial charge is 0.376 e. The molecule has 4 nitrogen and oxygen atoms in total. The van der Waals surface area contributed by atoms with Crippen LogP contribution in [0.15, 0.2) is 53.6 Å². The lowest BCUT2D eigenvalue weighted by molar-refractivity contribution is -0.119. The lowest BCUT2D eigenvalue weighted by Crippen LogP contribution is -2.32. The van der Waals surface area contributed by atoms with Crippen molar-refractivity contribution in [1.29, 1.82) is 0 Å². The van der Waals surface area contributed by atoms with Crippen LogP contribution in [0, 0.1) is 13.8 Å². The van der Waals surface area contributed by atoms with Crippen LogP contribution < -0.4 is 5.32 Å². The number of aromatic nitrogens is 1. The molecule has 0 spiro atoms. The highest BCUT2D eigenvalue weighted by Gasteiger charge is 2.17. The number of para-hydroxylation sites is 1. The highest BCUT2D eigenvalue weighted by Crippen LogP contribution is 2.31. The first-order valence-electron chi connectivity index (χ1n) is 10.3. The van der Waals surface area contributed by atoms with E-state index in [4.69, 9.17) is 4.74 Å². The fourth-order valence-electron chi connectivity index (χ4n) is 3.84. The minimum absolute atomic E-state index is 0.0665. The van der Waals surface area contributed by atoms with E-state index in [0.29, 0.717) is 12.3 Å². The lowest BCUT2D eigenvalue weighted by Gasteiger charge is -2.10. The average Bonchev–Trinajstić information content (AvgIpc) is 3.36. The molecule has 4 rings (SSSR count). The van der Waals surface area contributed by atoms with E-state index in [-0.39, 0.29) is 12.0 Å². The third-order valence-electron chi connectivity index (χ3n) is 5.51.